The van der Waals surface area contributed by atoms with Crippen LogP contribution in [0.5, 0.6) is 0 Å². The van der Waals surface area contributed by atoms with Crippen LogP contribution in [0.25, 0.3) is 0 Å². The lowest BCUT2D eigenvalue weighted by Gasteiger charge is -1.91. The second kappa shape index (κ2) is 4.65. The van der Waals surface area contributed by atoms with E-state index < -0.39 is 22.0 Å². The zero-order valence-corrected chi connectivity index (χ0v) is 7.45. The van der Waals surface area contributed by atoms with Crippen LogP contribution in [0.3, 0.4) is 0 Å². The topological polar surface area (TPSA) is 32.3 Å². The first kappa shape index (κ1) is 7.97. The van der Waals surface area contributed by atoms with Gasteiger partial charge >= 0.3 is 22.0 Å². The standard InChI is InChI=1S/C7H7IO2/c9-8-10-6-7-4-2-1-3-5-7/h1-5H,6H2. The summed E-state index contributed by atoms with van der Waals surface area (Å²) in [4.78, 5) is 0. The maximum atomic E-state index is 9.99. The smallest absolute Gasteiger partial charge is 0.453 e. The number of benzene rings is 1. The highest BCUT2D eigenvalue weighted by Crippen LogP contribution is 1.96. The van der Waals surface area contributed by atoms with Crippen molar-refractivity contribution in [2.45, 2.75) is 6.61 Å². The lowest BCUT2D eigenvalue weighted by molar-refractivity contribution is -1.27. The summed E-state index contributed by atoms with van der Waals surface area (Å²) in [5.41, 5.74) is 1.07. The van der Waals surface area contributed by atoms with Gasteiger partial charge in [-0.15, -0.1) is 3.07 Å². The number of hydrogen-bond acceptors (Lipinski definition) is 2. The first-order valence-electron chi connectivity index (χ1n) is 2.86. The fraction of sp³-hybridized carbons (Fsp3) is 0.143. The summed E-state index contributed by atoms with van der Waals surface area (Å²) >= 11 is -1.27. The molecule has 0 amide bonds. The Balaban J connectivity index is 2.43. The first-order chi connectivity index (χ1) is 4.93. The van der Waals surface area contributed by atoms with Crippen molar-refractivity contribution >= 4 is 0 Å². The van der Waals surface area contributed by atoms with Crippen molar-refractivity contribution in [2.24, 2.45) is 0 Å². The van der Waals surface area contributed by atoms with Crippen molar-refractivity contribution in [2.75, 3.05) is 0 Å². The summed E-state index contributed by atoms with van der Waals surface area (Å²) in [6.07, 6.45) is 0. The van der Waals surface area contributed by atoms with Gasteiger partial charge in [0.15, 0.2) is 0 Å². The van der Waals surface area contributed by atoms with Gasteiger partial charge in [0.05, 0.1) is 0 Å². The Hall–Kier alpha value is -0.130. The Labute approximate surface area is 71.2 Å². The normalized spacial score (nSPS) is 9.70. The summed E-state index contributed by atoms with van der Waals surface area (Å²) in [7, 11) is 0. The molecule has 0 aliphatic heterocycles. The highest BCUT2D eigenvalue weighted by atomic mass is 127. The van der Waals surface area contributed by atoms with Crippen LogP contribution in [0.15, 0.2) is 30.3 Å². The van der Waals surface area contributed by atoms with Gasteiger partial charge in [-0.3, -0.25) is 0 Å². The molecule has 10 heavy (non-hydrogen) atoms. The number of halogens is 1. The van der Waals surface area contributed by atoms with Crippen LogP contribution in [0.1, 0.15) is 5.56 Å². The van der Waals surface area contributed by atoms with Crippen molar-refractivity contribution in [3.63, 3.8) is 0 Å². The molecular weight excluding hydrogens is 243 g/mol. The molecule has 0 saturated carbocycles. The Kier molecular flexibility index (Phi) is 3.71. The Morgan fingerprint density at radius 3 is 2.60 bits per heavy atom. The molecule has 0 saturated heterocycles. The van der Waals surface area contributed by atoms with Crippen LogP contribution in [-0.2, 0) is 9.67 Å². The third-order valence-corrected chi connectivity index (χ3v) is 1.67. The summed E-state index contributed by atoms with van der Waals surface area (Å²) in [5.74, 6) is 0. The molecule has 1 aromatic rings. The second-order valence-corrected chi connectivity index (χ2v) is 2.78. The molecule has 0 aliphatic carbocycles. The molecule has 1 aromatic carbocycles. The highest BCUT2D eigenvalue weighted by molar-refractivity contribution is 5.13. The van der Waals surface area contributed by atoms with E-state index >= 15 is 0 Å². The summed E-state index contributed by atoms with van der Waals surface area (Å²) < 4.78 is 14.8. The molecule has 0 bridgehead atoms. The largest absolute Gasteiger partial charge is 0.567 e. The molecule has 1 rings (SSSR count). The van der Waals surface area contributed by atoms with Gasteiger partial charge in [0.1, 0.15) is 6.61 Å². The van der Waals surface area contributed by atoms with Crippen LogP contribution < -0.4 is 25.5 Å². The van der Waals surface area contributed by atoms with E-state index in [2.05, 4.69) is 0 Å². The lowest BCUT2D eigenvalue weighted by Crippen LogP contribution is -3.70. The van der Waals surface area contributed by atoms with E-state index in [4.69, 9.17) is 3.07 Å². The van der Waals surface area contributed by atoms with E-state index in [1.807, 2.05) is 30.3 Å². The first-order valence-corrected chi connectivity index (χ1v) is 4.62. The second-order valence-electron chi connectivity index (χ2n) is 1.80. The molecule has 0 unspecified atom stereocenters. The van der Waals surface area contributed by atoms with Gasteiger partial charge in [-0.2, -0.15) is 0 Å². The SMILES string of the molecule is [O-][I+]OCc1ccccc1. The summed E-state index contributed by atoms with van der Waals surface area (Å²) in [6, 6.07) is 9.69. The van der Waals surface area contributed by atoms with Crippen LogP contribution in [0.4, 0.5) is 0 Å². The molecule has 0 fully saturated rings. The highest BCUT2D eigenvalue weighted by Gasteiger charge is 1.94. The molecule has 0 atom stereocenters. The minimum Gasteiger partial charge on any atom is -0.567 e. The molecule has 54 valence electrons. The van der Waals surface area contributed by atoms with Gasteiger partial charge in [-0.1, -0.05) is 30.3 Å². The predicted octanol–water partition coefficient (Wildman–Crippen LogP) is -2.52. The lowest BCUT2D eigenvalue weighted by atomic mass is 10.2. The maximum Gasteiger partial charge on any atom is 0.453 e. The fourth-order valence-corrected chi connectivity index (χ4v) is 1.15. The Morgan fingerprint density at radius 1 is 1.30 bits per heavy atom. The van der Waals surface area contributed by atoms with Crippen LogP contribution in [-0.4, -0.2) is 0 Å². The van der Waals surface area contributed by atoms with Crippen LogP contribution in [0.2, 0.25) is 0 Å². The Bertz CT molecular complexity index is 176. The summed E-state index contributed by atoms with van der Waals surface area (Å²) in [5, 5.41) is 0. The van der Waals surface area contributed by atoms with Gasteiger partial charge in [-0.25, -0.2) is 0 Å². The van der Waals surface area contributed by atoms with E-state index in [0.29, 0.717) is 6.61 Å². The predicted molar refractivity (Wildman–Crippen MR) is 31.2 cm³/mol. The van der Waals surface area contributed by atoms with Crippen molar-refractivity contribution in [1.82, 2.24) is 0 Å². The average molecular weight is 250 g/mol. The molecular formula is C7H7IO2. The van der Waals surface area contributed by atoms with E-state index in [1.54, 1.807) is 0 Å². The fourth-order valence-electron chi connectivity index (χ4n) is 0.660. The molecule has 3 heteroatoms. The van der Waals surface area contributed by atoms with Crippen LogP contribution >= 0.6 is 0 Å². The number of hydrogen-bond donors (Lipinski definition) is 0. The minimum absolute atomic E-state index is 0.470. The van der Waals surface area contributed by atoms with Crippen molar-refractivity contribution in [1.29, 1.82) is 0 Å². The molecule has 0 heterocycles. The quantitative estimate of drug-likeness (QED) is 0.555. The van der Waals surface area contributed by atoms with Gasteiger partial charge in [-0.05, 0) is 5.56 Å². The van der Waals surface area contributed by atoms with E-state index in [-0.39, 0.29) is 0 Å². The van der Waals surface area contributed by atoms with Gasteiger partial charge in [0.25, 0.3) is 0 Å². The van der Waals surface area contributed by atoms with Gasteiger partial charge in [0, 0.05) is 0 Å². The maximum absolute atomic E-state index is 9.99. The van der Waals surface area contributed by atoms with Crippen LogP contribution in [0, 0.1) is 0 Å². The summed E-state index contributed by atoms with van der Waals surface area (Å²) in [6.45, 7) is 0.470. The molecule has 0 aromatic heterocycles. The monoisotopic (exact) mass is 250 g/mol. The molecule has 0 spiro atoms. The van der Waals surface area contributed by atoms with Crippen molar-refractivity contribution < 1.29 is 28.5 Å². The van der Waals surface area contributed by atoms with E-state index in [0.717, 1.165) is 5.56 Å². The third-order valence-electron chi connectivity index (χ3n) is 1.11. The zero-order chi connectivity index (χ0) is 7.23. The van der Waals surface area contributed by atoms with Gasteiger partial charge in [0.2, 0.25) is 0 Å². The molecule has 0 radical (unpaired) electrons. The third kappa shape index (κ3) is 2.64. The van der Waals surface area contributed by atoms with E-state index in [9.17, 15) is 3.44 Å². The molecule has 0 N–H and O–H groups in total. The average Bonchev–Trinajstić information content (AvgIpc) is 2.03. The molecule has 2 nitrogen and oxygen atoms in total. The van der Waals surface area contributed by atoms with Crippen molar-refractivity contribution in [3.05, 3.63) is 35.9 Å². The van der Waals surface area contributed by atoms with Crippen molar-refractivity contribution in [3.8, 4) is 0 Å². The minimum atomic E-state index is -1.27. The van der Waals surface area contributed by atoms with E-state index in [1.165, 1.54) is 0 Å². The van der Waals surface area contributed by atoms with Gasteiger partial charge < -0.3 is 3.44 Å². The molecule has 0 aliphatic rings. The number of rotatable bonds is 3. The Morgan fingerprint density at radius 2 is 2.00 bits per heavy atom. The zero-order valence-electron chi connectivity index (χ0n) is 5.29.